The van der Waals surface area contributed by atoms with Crippen LogP contribution in [0.1, 0.15) is 19.0 Å². The summed E-state index contributed by atoms with van der Waals surface area (Å²) in [6, 6.07) is 7.06. The Morgan fingerprint density at radius 3 is 2.71 bits per heavy atom. The van der Waals surface area contributed by atoms with E-state index in [2.05, 4.69) is 11.5 Å². The molecule has 0 spiro atoms. The summed E-state index contributed by atoms with van der Waals surface area (Å²) < 4.78 is 15.2. The van der Waals surface area contributed by atoms with Gasteiger partial charge in [0.05, 0.1) is 0 Å². The lowest BCUT2D eigenvalue weighted by atomic mass is 10.1. The molecule has 17 heavy (non-hydrogen) atoms. The van der Waals surface area contributed by atoms with Crippen molar-refractivity contribution in [3.63, 3.8) is 0 Å². The van der Waals surface area contributed by atoms with Crippen molar-refractivity contribution >= 4 is 23.3 Å². The third-order valence-corrected chi connectivity index (χ3v) is 3.10. The van der Waals surface area contributed by atoms with Gasteiger partial charge in [0.1, 0.15) is 5.82 Å². The molecule has 94 valence electrons. The second-order valence-corrected chi connectivity index (χ2v) is 4.27. The van der Waals surface area contributed by atoms with E-state index in [-0.39, 0.29) is 24.3 Å². The lowest BCUT2D eigenvalue weighted by Crippen LogP contribution is -2.22. The van der Waals surface area contributed by atoms with Crippen molar-refractivity contribution in [3.8, 4) is 0 Å². The van der Waals surface area contributed by atoms with Gasteiger partial charge in [0.2, 0.25) is 0 Å². The first-order chi connectivity index (χ1) is 7.61. The standard InChI is InChI=1S/C13H17FN2.ClH/c1-3-11(15)8-12-7-9-6-10(14)4-5-13(9)16(12)2;/h4-7,11H,3,8,15H2,1-2H3;1H. The van der Waals surface area contributed by atoms with Crippen molar-refractivity contribution < 1.29 is 4.39 Å². The molecule has 0 amide bonds. The fourth-order valence-electron chi connectivity index (χ4n) is 1.99. The third-order valence-electron chi connectivity index (χ3n) is 3.10. The molecule has 0 fully saturated rings. The van der Waals surface area contributed by atoms with Crippen LogP contribution in [0.3, 0.4) is 0 Å². The molecule has 4 heteroatoms. The van der Waals surface area contributed by atoms with Crippen LogP contribution in [0.5, 0.6) is 0 Å². The molecule has 1 heterocycles. The number of nitrogens with zero attached hydrogens (tertiary/aromatic N) is 1. The number of halogens is 2. The maximum atomic E-state index is 13.1. The number of benzene rings is 1. The van der Waals surface area contributed by atoms with Crippen LogP contribution in [-0.2, 0) is 13.5 Å². The monoisotopic (exact) mass is 256 g/mol. The molecule has 1 aromatic heterocycles. The number of fused-ring (bicyclic) bond motifs is 1. The van der Waals surface area contributed by atoms with Gasteiger partial charge in [0.25, 0.3) is 0 Å². The molecular weight excluding hydrogens is 239 g/mol. The van der Waals surface area contributed by atoms with E-state index in [1.54, 1.807) is 6.07 Å². The summed E-state index contributed by atoms with van der Waals surface area (Å²) in [6.07, 6.45) is 1.79. The lowest BCUT2D eigenvalue weighted by Gasteiger charge is -2.09. The fourth-order valence-corrected chi connectivity index (χ4v) is 1.99. The molecule has 2 rings (SSSR count). The summed E-state index contributed by atoms with van der Waals surface area (Å²) in [4.78, 5) is 0. The smallest absolute Gasteiger partial charge is 0.123 e. The topological polar surface area (TPSA) is 30.9 Å². The van der Waals surface area contributed by atoms with Crippen LogP contribution in [0, 0.1) is 5.82 Å². The minimum Gasteiger partial charge on any atom is -0.348 e. The highest BCUT2D eigenvalue weighted by molar-refractivity contribution is 5.85. The summed E-state index contributed by atoms with van der Waals surface area (Å²) in [5, 5.41) is 0.945. The van der Waals surface area contributed by atoms with Gasteiger partial charge < -0.3 is 10.3 Å². The van der Waals surface area contributed by atoms with Gasteiger partial charge in [-0.05, 0) is 30.7 Å². The summed E-state index contributed by atoms with van der Waals surface area (Å²) in [5.41, 5.74) is 8.16. The first kappa shape index (κ1) is 14.0. The molecule has 2 nitrogen and oxygen atoms in total. The van der Waals surface area contributed by atoms with Gasteiger partial charge in [-0.1, -0.05) is 6.92 Å². The first-order valence-electron chi connectivity index (χ1n) is 5.61. The van der Waals surface area contributed by atoms with Gasteiger partial charge in [0, 0.05) is 36.1 Å². The van der Waals surface area contributed by atoms with E-state index in [0.29, 0.717) is 0 Å². The zero-order valence-electron chi connectivity index (χ0n) is 10.1. The third kappa shape index (κ3) is 2.79. The Balaban J connectivity index is 0.00000144. The Hall–Kier alpha value is -1.06. The highest BCUT2D eigenvalue weighted by atomic mass is 35.5. The van der Waals surface area contributed by atoms with E-state index in [0.717, 1.165) is 29.4 Å². The van der Waals surface area contributed by atoms with E-state index in [1.165, 1.54) is 6.07 Å². The molecule has 1 unspecified atom stereocenters. The molecule has 0 aliphatic heterocycles. The lowest BCUT2D eigenvalue weighted by molar-refractivity contribution is 0.623. The van der Waals surface area contributed by atoms with Gasteiger partial charge in [0.15, 0.2) is 0 Å². The van der Waals surface area contributed by atoms with Crippen molar-refractivity contribution in [2.45, 2.75) is 25.8 Å². The van der Waals surface area contributed by atoms with Crippen LogP contribution in [0.4, 0.5) is 4.39 Å². The number of aromatic nitrogens is 1. The SMILES string of the molecule is CCC(N)Cc1cc2cc(F)ccc2n1C.Cl. The Morgan fingerprint density at radius 1 is 1.35 bits per heavy atom. The van der Waals surface area contributed by atoms with Gasteiger partial charge in [-0.25, -0.2) is 4.39 Å². The summed E-state index contributed by atoms with van der Waals surface area (Å²) in [7, 11) is 2.00. The number of nitrogens with two attached hydrogens (primary N) is 1. The number of aryl methyl sites for hydroxylation is 1. The van der Waals surface area contributed by atoms with Crippen LogP contribution >= 0.6 is 12.4 Å². The molecule has 0 bridgehead atoms. The largest absolute Gasteiger partial charge is 0.348 e. The molecule has 2 N–H and O–H groups in total. The van der Waals surface area contributed by atoms with Crippen molar-refractivity contribution in [2.24, 2.45) is 12.8 Å². The van der Waals surface area contributed by atoms with Crippen LogP contribution < -0.4 is 5.73 Å². The van der Waals surface area contributed by atoms with Crippen molar-refractivity contribution in [1.29, 1.82) is 0 Å². The van der Waals surface area contributed by atoms with Crippen LogP contribution in [0.25, 0.3) is 10.9 Å². The molecule has 0 aliphatic carbocycles. The van der Waals surface area contributed by atoms with Crippen molar-refractivity contribution in [1.82, 2.24) is 4.57 Å². The van der Waals surface area contributed by atoms with Crippen LogP contribution in [0.2, 0.25) is 0 Å². The van der Waals surface area contributed by atoms with E-state index < -0.39 is 0 Å². The minimum absolute atomic E-state index is 0. The highest BCUT2D eigenvalue weighted by Gasteiger charge is 2.09. The van der Waals surface area contributed by atoms with Gasteiger partial charge in [-0.2, -0.15) is 0 Å². The van der Waals surface area contributed by atoms with Crippen molar-refractivity contribution in [3.05, 3.63) is 35.8 Å². The molecular formula is C13H18ClFN2. The number of rotatable bonds is 3. The Kier molecular flexibility index (Phi) is 4.54. The van der Waals surface area contributed by atoms with Gasteiger partial charge in [-0.15, -0.1) is 12.4 Å². The second-order valence-electron chi connectivity index (χ2n) is 4.27. The predicted molar refractivity (Wildman–Crippen MR) is 72.1 cm³/mol. The molecule has 0 radical (unpaired) electrons. The molecule has 1 aromatic carbocycles. The molecule has 1 atom stereocenters. The predicted octanol–water partition coefficient (Wildman–Crippen LogP) is 3.02. The fraction of sp³-hybridized carbons (Fsp3) is 0.385. The number of hydrogen-bond acceptors (Lipinski definition) is 1. The quantitative estimate of drug-likeness (QED) is 0.899. The minimum atomic E-state index is -0.190. The summed E-state index contributed by atoms with van der Waals surface area (Å²) in [5.74, 6) is -0.190. The summed E-state index contributed by atoms with van der Waals surface area (Å²) in [6.45, 7) is 2.08. The van der Waals surface area contributed by atoms with E-state index in [9.17, 15) is 4.39 Å². The summed E-state index contributed by atoms with van der Waals surface area (Å²) >= 11 is 0. The van der Waals surface area contributed by atoms with Gasteiger partial charge >= 0.3 is 0 Å². The molecule has 0 saturated carbocycles. The average molecular weight is 257 g/mol. The normalized spacial score (nSPS) is 12.5. The highest BCUT2D eigenvalue weighted by Crippen LogP contribution is 2.20. The van der Waals surface area contributed by atoms with E-state index in [4.69, 9.17) is 5.73 Å². The number of hydrogen-bond donors (Lipinski definition) is 1. The molecule has 0 aliphatic rings. The molecule has 2 aromatic rings. The average Bonchev–Trinajstić information content (AvgIpc) is 2.55. The zero-order chi connectivity index (χ0) is 11.7. The maximum absolute atomic E-state index is 13.1. The Bertz CT molecular complexity index is 507. The second kappa shape index (κ2) is 5.52. The van der Waals surface area contributed by atoms with Gasteiger partial charge in [-0.3, -0.25) is 0 Å². The van der Waals surface area contributed by atoms with E-state index >= 15 is 0 Å². The van der Waals surface area contributed by atoms with Crippen molar-refractivity contribution in [2.75, 3.05) is 0 Å². The van der Waals surface area contributed by atoms with Crippen LogP contribution in [-0.4, -0.2) is 10.6 Å². The Labute approximate surface area is 107 Å². The van der Waals surface area contributed by atoms with E-state index in [1.807, 2.05) is 19.2 Å². The molecule has 0 saturated heterocycles. The first-order valence-corrected chi connectivity index (χ1v) is 5.61. The van der Waals surface area contributed by atoms with Crippen LogP contribution in [0.15, 0.2) is 24.3 Å². The zero-order valence-corrected chi connectivity index (χ0v) is 10.9. The maximum Gasteiger partial charge on any atom is 0.123 e. The Morgan fingerprint density at radius 2 is 2.06 bits per heavy atom.